The smallest absolute Gasteiger partial charge is 0.227 e. The van der Waals surface area contributed by atoms with E-state index >= 15 is 0 Å². The number of nitrogens with zero attached hydrogens (tertiary/aromatic N) is 3. The van der Waals surface area contributed by atoms with Crippen molar-refractivity contribution in [3.8, 4) is 0 Å². The zero-order chi connectivity index (χ0) is 13.8. The summed E-state index contributed by atoms with van der Waals surface area (Å²) in [6.45, 7) is 0.362. The molecule has 1 heterocycles. The summed E-state index contributed by atoms with van der Waals surface area (Å²) in [7, 11) is 1.69. The Hall–Kier alpha value is -1.59. The predicted molar refractivity (Wildman–Crippen MR) is 73.0 cm³/mol. The maximum absolute atomic E-state index is 12.1. The van der Waals surface area contributed by atoms with Crippen LogP contribution in [-0.4, -0.2) is 33.0 Å². The lowest BCUT2D eigenvalue weighted by molar-refractivity contribution is -0.129. The highest BCUT2D eigenvalue weighted by atomic mass is 35.5. The Morgan fingerprint density at radius 1 is 1.37 bits per heavy atom. The van der Waals surface area contributed by atoms with E-state index in [4.69, 9.17) is 23.2 Å². The van der Waals surface area contributed by atoms with Gasteiger partial charge in [-0.3, -0.25) is 9.89 Å². The largest absolute Gasteiger partial charge is 0.338 e. The molecule has 2 rings (SSSR count). The van der Waals surface area contributed by atoms with Gasteiger partial charge in [-0.05, 0) is 17.7 Å². The second kappa shape index (κ2) is 6.04. The molecule has 0 spiro atoms. The van der Waals surface area contributed by atoms with E-state index in [1.165, 1.54) is 6.33 Å². The maximum Gasteiger partial charge on any atom is 0.227 e. The van der Waals surface area contributed by atoms with Crippen molar-refractivity contribution in [3.63, 3.8) is 0 Å². The number of carbonyl (C=O) groups excluding carboxylic acids is 1. The number of rotatable bonds is 4. The van der Waals surface area contributed by atoms with Gasteiger partial charge in [-0.15, -0.1) is 0 Å². The second-order valence-electron chi connectivity index (χ2n) is 4.06. The molecule has 0 aliphatic heterocycles. The average molecular weight is 299 g/mol. The minimum Gasteiger partial charge on any atom is -0.338 e. The minimum atomic E-state index is -0.0913. The van der Waals surface area contributed by atoms with E-state index in [2.05, 4.69) is 15.2 Å². The van der Waals surface area contributed by atoms with Crippen molar-refractivity contribution in [2.24, 2.45) is 0 Å². The molecular weight excluding hydrogens is 287 g/mol. The number of aromatic nitrogens is 3. The topological polar surface area (TPSA) is 61.9 Å². The van der Waals surface area contributed by atoms with Gasteiger partial charge in [0, 0.05) is 17.1 Å². The highest BCUT2D eigenvalue weighted by Crippen LogP contribution is 2.25. The Bertz CT molecular complexity index is 551. The second-order valence-corrected chi connectivity index (χ2v) is 4.87. The van der Waals surface area contributed by atoms with Crippen molar-refractivity contribution < 1.29 is 4.79 Å². The lowest BCUT2D eigenvalue weighted by Gasteiger charge is -2.16. The van der Waals surface area contributed by atoms with Crippen LogP contribution in [0.15, 0.2) is 24.5 Å². The van der Waals surface area contributed by atoms with Crippen molar-refractivity contribution in [2.75, 3.05) is 7.05 Å². The molecule has 1 amide bonds. The van der Waals surface area contributed by atoms with Crippen molar-refractivity contribution in [1.29, 1.82) is 0 Å². The zero-order valence-electron chi connectivity index (χ0n) is 10.2. The van der Waals surface area contributed by atoms with Gasteiger partial charge in [-0.25, -0.2) is 4.98 Å². The molecule has 100 valence electrons. The van der Waals surface area contributed by atoms with Crippen molar-refractivity contribution >= 4 is 29.1 Å². The van der Waals surface area contributed by atoms with Crippen LogP contribution in [0.3, 0.4) is 0 Å². The fourth-order valence-corrected chi connectivity index (χ4v) is 2.14. The van der Waals surface area contributed by atoms with Gasteiger partial charge in [0.15, 0.2) is 0 Å². The molecule has 19 heavy (non-hydrogen) atoms. The van der Waals surface area contributed by atoms with Crippen molar-refractivity contribution in [1.82, 2.24) is 20.1 Å². The highest BCUT2D eigenvalue weighted by molar-refractivity contribution is 6.36. The summed E-state index contributed by atoms with van der Waals surface area (Å²) in [4.78, 5) is 17.6. The molecule has 0 aliphatic carbocycles. The van der Waals surface area contributed by atoms with Crippen LogP contribution in [0, 0.1) is 0 Å². The number of H-pyrrole nitrogens is 1. The van der Waals surface area contributed by atoms with Crippen LogP contribution in [0.4, 0.5) is 0 Å². The summed E-state index contributed by atoms with van der Waals surface area (Å²) < 4.78 is 0. The first kappa shape index (κ1) is 13.8. The maximum atomic E-state index is 12.1. The number of carbonyl (C=O) groups is 1. The van der Waals surface area contributed by atoms with E-state index in [0.717, 1.165) is 0 Å². The Balaban J connectivity index is 2.04. The van der Waals surface area contributed by atoms with Gasteiger partial charge in [-0.2, -0.15) is 5.10 Å². The zero-order valence-corrected chi connectivity index (χ0v) is 11.7. The number of aromatic amines is 1. The first-order chi connectivity index (χ1) is 9.08. The van der Waals surface area contributed by atoms with Gasteiger partial charge in [-0.1, -0.05) is 29.3 Å². The molecule has 0 atom stereocenters. The third-order valence-electron chi connectivity index (χ3n) is 2.67. The standard InChI is InChI=1S/C12H12Cl2N4O/c1-18(6-11-15-7-16-17-11)12(19)5-8-9(13)3-2-4-10(8)14/h2-4,7H,5-6H2,1H3,(H,15,16,17). The Kier molecular flexibility index (Phi) is 4.39. The van der Waals surface area contributed by atoms with Crippen LogP contribution in [0.25, 0.3) is 0 Å². The molecule has 0 aliphatic rings. The lowest BCUT2D eigenvalue weighted by Crippen LogP contribution is -2.28. The number of hydrogen-bond acceptors (Lipinski definition) is 3. The van der Waals surface area contributed by atoms with Crippen LogP contribution in [-0.2, 0) is 17.8 Å². The summed E-state index contributed by atoms with van der Waals surface area (Å²) in [5, 5.41) is 7.42. The van der Waals surface area contributed by atoms with Crippen LogP contribution in [0.2, 0.25) is 10.0 Å². The molecule has 0 bridgehead atoms. The van der Waals surface area contributed by atoms with Gasteiger partial charge in [0.2, 0.25) is 5.91 Å². The number of nitrogens with one attached hydrogen (secondary N) is 1. The number of amides is 1. The molecule has 0 radical (unpaired) electrons. The van der Waals surface area contributed by atoms with Crippen LogP contribution in [0.1, 0.15) is 11.4 Å². The first-order valence-corrected chi connectivity index (χ1v) is 6.34. The molecule has 0 fully saturated rings. The summed E-state index contributed by atoms with van der Waals surface area (Å²) in [5.41, 5.74) is 0.639. The van der Waals surface area contributed by atoms with Gasteiger partial charge in [0.25, 0.3) is 0 Å². The van der Waals surface area contributed by atoms with Crippen molar-refractivity contribution in [2.45, 2.75) is 13.0 Å². The molecule has 2 aromatic rings. The molecule has 1 N–H and O–H groups in total. The van der Waals surface area contributed by atoms with E-state index in [1.54, 1.807) is 30.1 Å². The fourth-order valence-electron chi connectivity index (χ4n) is 1.61. The molecule has 5 nitrogen and oxygen atoms in total. The first-order valence-electron chi connectivity index (χ1n) is 5.59. The molecule has 0 saturated carbocycles. The number of benzene rings is 1. The molecule has 0 unspecified atom stereocenters. The van der Waals surface area contributed by atoms with Gasteiger partial charge in [0.05, 0.1) is 13.0 Å². The van der Waals surface area contributed by atoms with E-state index in [1.807, 2.05) is 0 Å². The fraction of sp³-hybridized carbons (Fsp3) is 0.250. The summed E-state index contributed by atoms with van der Waals surface area (Å²) in [5.74, 6) is 0.535. The van der Waals surface area contributed by atoms with Gasteiger partial charge < -0.3 is 4.90 Å². The summed E-state index contributed by atoms with van der Waals surface area (Å²) >= 11 is 12.1. The van der Waals surface area contributed by atoms with Crippen molar-refractivity contribution in [3.05, 3.63) is 46.0 Å². The summed E-state index contributed by atoms with van der Waals surface area (Å²) in [6, 6.07) is 5.18. The number of likely N-dealkylation sites (N-methyl/N-ethyl adjacent to an activating group) is 1. The van der Waals surface area contributed by atoms with Crippen LogP contribution < -0.4 is 0 Å². The average Bonchev–Trinajstić information content (AvgIpc) is 2.86. The van der Waals surface area contributed by atoms with Gasteiger partial charge >= 0.3 is 0 Å². The monoisotopic (exact) mass is 298 g/mol. The molecule has 0 saturated heterocycles. The number of halogens is 2. The van der Waals surface area contributed by atoms with E-state index in [0.29, 0.717) is 28.0 Å². The van der Waals surface area contributed by atoms with Crippen LogP contribution >= 0.6 is 23.2 Å². The highest BCUT2D eigenvalue weighted by Gasteiger charge is 2.15. The molecular formula is C12H12Cl2N4O. The Morgan fingerprint density at radius 3 is 2.63 bits per heavy atom. The lowest BCUT2D eigenvalue weighted by atomic mass is 10.1. The van der Waals surface area contributed by atoms with E-state index in [9.17, 15) is 4.79 Å². The molecule has 1 aromatic carbocycles. The number of hydrogen-bond donors (Lipinski definition) is 1. The normalized spacial score (nSPS) is 10.5. The van der Waals surface area contributed by atoms with E-state index < -0.39 is 0 Å². The summed E-state index contributed by atoms with van der Waals surface area (Å²) in [6.07, 6.45) is 1.56. The quantitative estimate of drug-likeness (QED) is 0.942. The third-order valence-corrected chi connectivity index (χ3v) is 3.38. The third kappa shape index (κ3) is 3.45. The van der Waals surface area contributed by atoms with E-state index in [-0.39, 0.29) is 12.3 Å². The Morgan fingerprint density at radius 2 is 2.05 bits per heavy atom. The Labute approximate surface area is 120 Å². The SMILES string of the molecule is CN(Cc1ncn[nH]1)C(=O)Cc1c(Cl)cccc1Cl. The molecule has 1 aromatic heterocycles. The molecule has 7 heteroatoms. The predicted octanol–water partition coefficient (Wildman–Crippen LogP) is 2.31. The van der Waals surface area contributed by atoms with Gasteiger partial charge in [0.1, 0.15) is 12.2 Å². The van der Waals surface area contributed by atoms with Crippen LogP contribution in [0.5, 0.6) is 0 Å². The minimum absolute atomic E-state index is 0.0913.